The van der Waals surface area contributed by atoms with Crippen molar-refractivity contribution in [2.24, 2.45) is 0 Å². The molecule has 1 fully saturated rings. The van der Waals surface area contributed by atoms with Gasteiger partial charge in [-0.1, -0.05) is 12.1 Å². The Balaban J connectivity index is 2.09. The highest BCUT2D eigenvalue weighted by Crippen LogP contribution is 2.26. The highest BCUT2D eigenvalue weighted by molar-refractivity contribution is 6.21. The van der Waals surface area contributed by atoms with Gasteiger partial charge in [0.1, 0.15) is 12.1 Å². The Morgan fingerprint density at radius 2 is 2.12 bits per heavy atom. The van der Waals surface area contributed by atoms with Crippen LogP contribution in [-0.2, 0) is 0 Å². The van der Waals surface area contributed by atoms with Crippen LogP contribution in [0.2, 0.25) is 0 Å². The molecule has 2 aromatic rings. The first-order chi connectivity index (χ1) is 7.84. The second kappa shape index (κ2) is 3.91. The molecule has 0 spiro atoms. The first-order valence-corrected chi connectivity index (χ1v) is 5.87. The van der Waals surface area contributed by atoms with Gasteiger partial charge in [-0.25, -0.2) is 9.97 Å². The van der Waals surface area contributed by atoms with Gasteiger partial charge in [0.25, 0.3) is 0 Å². The predicted molar refractivity (Wildman–Crippen MR) is 66.0 cm³/mol. The van der Waals surface area contributed by atoms with Gasteiger partial charge in [0.15, 0.2) is 0 Å². The van der Waals surface area contributed by atoms with Crippen molar-refractivity contribution in [2.75, 3.05) is 18.0 Å². The number of anilines is 1. The van der Waals surface area contributed by atoms with Crippen molar-refractivity contribution < 1.29 is 0 Å². The normalized spacial score (nSPS) is 20.6. The number of halogens is 1. The molecule has 82 valence electrons. The van der Waals surface area contributed by atoms with Gasteiger partial charge < -0.3 is 4.90 Å². The minimum Gasteiger partial charge on any atom is -0.354 e. The standard InChI is InChI=1S/C12H12ClN3/c13-9-5-6-16(7-9)12-10-3-1-2-4-11(10)14-8-15-12/h1-4,8-9H,5-7H2. The molecule has 1 aliphatic heterocycles. The Bertz CT molecular complexity index is 509. The molecule has 1 atom stereocenters. The quantitative estimate of drug-likeness (QED) is 0.709. The summed E-state index contributed by atoms with van der Waals surface area (Å²) in [5.74, 6) is 1.01. The average molecular weight is 234 g/mol. The van der Waals surface area contributed by atoms with E-state index in [9.17, 15) is 0 Å². The number of benzene rings is 1. The molecule has 0 aliphatic carbocycles. The Morgan fingerprint density at radius 1 is 1.25 bits per heavy atom. The lowest BCUT2D eigenvalue weighted by atomic mass is 10.2. The van der Waals surface area contributed by atoms with E-state index in [1.54, 1.807) is 6.33 Å². The molecule has 2 heterocycles. The van der Waals surface area contributed by atoms with Crippen LogP contribution >= 0.6 is 11.6 Å². The number of para-hydroxylation sites is 1. The summed E-state index contributed by atoms with van der Waals surface area (Å²) in [6.45, 7) is 1.86. The highest BCUT2D eigenvalue weighted by Gasteiger charge is 2.22. The lowest BCUT2D eigenvalue weighted by Crippen LogP contribution is -2.21. The van der Waals surface area contributed by atoms with Crippen molar-refractivity contribution in [2.45, 2.75) is 11.8 Å². The molecule has 16 heavy (non-hydrogen) atoms. The van der Waals surface area contributed by atoms with Crippen molar-refractivity contribution in [1.29, 1.82) is 0 Å². The molecule has 4 heteroatoms. The van der Waals surface area contributed by atoms with E-state index in [4.69, 9.17) is 11.6 Å². The molecule has 3 nitrogen and oxygen atoms in total. The van der Waals surface area contributed by atoms with Crippen molar-refractivity contribution in [1.82, 2.24) is 9.97 Å². The molecule has 1 aromatic heterocycles. The molecule has 0 bridgehead atoms. The van der Waals surface area contributed by atoms with Gasteiger partial charge in [-0.05, 0) is 18.6 Å². The number of hydrogen-bond acceptors (Lipinski definition) is 3. The Kier molecular flexibility index (Phi) is 2.40. The SMILES string of the molecule is ClC1CCN(c2ncnc3ccccc23)C1. The maximum atomic E-state index is 6.12. The minimum absolute atomic E-state index is 0.244. The van der Waals surface area contributed by atoms with Gasteiger partial charge in [0.2, 0.25) is 0 Å². The van der Waals surface area contributed by atoms with Gasteiger partial charge in [-0.2, -0.15) is 0 Å². The summed E-state index contributed by atoms with van der Waals surface area (Å²) >= 11 is 6.12. The van der Waals surface area contributed by atoms with E-state index >= 15 is 0 Å². The van der Waals surface area contributed by atoms with Gasteiger partial charge in [0.05, 0.1) is 10.9 Å². The van der Waals surface area contributed by atoms with Crippen LogP contribution in [0, 0.1) is 0 Å². The van der Waals surface area contributed by atoms with E-state index in [-0.39, 0.29) is 5.38 Å². The molecule has 1 saturated heterocycles. The second-order valence-corrected chi connectivity index (χ2v) is 4.66. The second-order valence-electron chi connectivity index (χ2n) is 4.05. The first-order valence-electron chi connectivity index (χ1n) is 5.43. The molecule has 0 saturated carbocycles. The molecule has 3 rings (SSSR count). The lowest BCUT2D eigenvalue weighted by molar-refractivity contribution is 0.940. The van der Waals surface area contributed by atoms with Crippen LogP contribution in [0.5, 0.6) is 0 Å². The van der Waals surface area contributed by atoms with E-state index in [0.29, 0.717) is 0 Å². The van der Waals surface area contributed by atoms with E-state index in [2.05, 4.69) is 20.9 Å². The topological polar surface area (TPSA) is 29.0 Å². The van der Waals surface area contributed by atoms with Crippen LogP contribution in [0.25, 0.3) is 10.9 Å². The number of aromatic nitrogens is 2. The highest BCUT2D eigenvalue weighted by atomic mass is 35.5. The smallest absolute Gasteiger partial charge is 0.139 e. The fraction of sp³-hybridized carbons (Fsp3) is 0.333. The Morgan fingerprint density at radius 3 is 2.94 bits per heavy atom. The molecule has 0 N–H and O–H groups in total. The van der Waals surface area contributed by atoms with Crippen molar-refractivity contribution >= 4 is 28.3 Å². The average Bonchev–Trinajstić information content (AvgIpc) is 2.75. The number of rotatable bonds is 1. The van der Waals surface area contributed by atoms with E-state index in [1.807, 2.05) is 18.2 Å². The van der Waals surface area contributed by atoms with Crippen molar-refractivity contribution in [3.8, 4) is 0 Å². The zero-order valence-corrected chi connectivity index (χ0v) is 9.56. The van der Waals surface area contributed by atoms with Crippen LogP contribution in [0.1, 0.15) is 6.42 Å². The number of nitrogens with zero attached hydrogens (tertiary/aromatic N) is 3. The summed E-state index contributed by atoms with van der Waals surface area (Å²) in [5.41, 5.74) is 0.991. The van der Waals surface area contributed by atoms with Crippen LogP contribution in [-0.4, -0.2) is 28.4 Å². The Labute approximate surface area is 99.1 Å². The number of hydrogen-bond donors (Lipinski definition) is 0. The molecular weight excluding hydrogens is 222 g/mol. The summed E-state index contributed by atoms with van der Waals surface area (Å²) in [7, 11) is 0. The summed E-state index contributed by atoms with van der Waals surface area (Å²) in [5, 5.41) is 1.35. The molecule has 1 aromatic carbocycles. The largest absolute Gasteiger partial charge is 0.354 e. The molecule has 0 radical (unpaired) electrons. The number of alkyl halides is 1. The van der Waals surface area contributed by atoms with Gasteiger partial charge in [0, 0.05) is 18.5 Å². The van der Waals surface area contributed by atoms with Gasteiger partial charge in [-0.3, -0.25) is 0 Å². The summed E-state index contributed by atoms with van der Waals surface area (Å²) in [6, 6.07) is 8.08. The van der Waals surface area contributed by atoms with Crippen LogP contribution in [0.4, 0.5) is 5.82 Å². The van der Waals surface area contributed by atoms with E-state index in [0.717, 1.165) is 36.2 Å². The van der Waals surface area contributed by atoms with Crippen LogP contribution < -0.4 is 4.90 Å². The van der Waals surface area contributed by atoms with Crippen molar-refractivity contribution in [3.05, 3.63) is 30.6 Å². The molecular formula is C12H12ClN3. The van der Waals surface area contributed by atoms with Crippen molar-refractivity contribution in [3.63, 3.8) is 0 Å². The first kappa shape index (κ1) is 9.85. The van der Waals surface area contributed by atoms with Gasteiger partial charge in [-0.15, -0.1) is 11.6 Å². The maximum absolute atomic E-state index is 6.12. The fourth-order valence-electron chi connectivity index (χ4n) is 2.15. The summed E-state index contributed by atoms with van der Waals surface area (Å²) < 4.78 is 0. The number of fused-ring (bicyclic) bond motifs is 1. The fourth-order valence-corrected chi connectivity index (χ4v) is 2.42. The molecule has 0 amide bonds. The summed E-state index contributed by atoms with van der Waals surface area (Å²) in [6.07, 6.45) is 2.65. The zero-order chi connectivity index (χ0) is 11.0. The lowest BCUT2D eigenvalue weighted by Gasteiger charge is -2.17. The predicted octanol–water partition coefficient (Wildman–Crippen LogP) is 2.45. The third-order valence-electron chi connectivity index (χ3n) is 2.95. The summed E-state index contributed by atoms with van der Waals surface area (Å²) in [4.78, 5) is 10.9. The van der Waals surface area contributed by atoms with E-state index < -0.39 is 0 Å². The third kappa shape index (κ3) is 1.61. The van der Waals surface area contributed by atoms with Gasteiger partial charge >= 0.3 is 0 Å². The molecule has 1 aliphatic rings. The van der Waals surface area contributed by atoms with Crippen LogP contribution in [0.3, 0.4) is 0 Å². The maximum Gasteiger partial charge on any atom is 0.139 e. The minimum atomic E-state index is 0.244. The molecule has 1 unspecified atom stereocenters. The Hall–Kier alpha value is -1.35. The third-order valence-corrected chi connectivity index (χ3v) is 3.31. The monoisotopic (exact) mass is 233 g/mol. The van der Waals surface area contributed by atoms with E-state index in [1.165, 1.54) is 0 Å². The zero-order valence-electron chi connectivity index (χ0n) is 8.81. The van der Waals surface area contributed by atoms with Crippen LogP contribution in [0.15, 0.2) is 30.6 Å².